The van der Waals surface area contributed by atoms with Crippen molar-refractivity contribution < 1.29 is 13.2 Å². The van der Waals surface area contributed by atoms with Crippen molar-refractivity contribution in [2.24, 2.45) is 0 Å². The van der Waals surface area contributed by atoms with Gasteiger partial charge in [0.2, 0.25) is 0 Å². The molecule has 1 aromatic heterocycles. The van der Waals surface area contributed by atoms with E-state index < -0.39 is 9.84 Å². The van der Waals surface area contributed by atoms with Gasteiger partial charge in [-0.3, -0.25) is 4.79 Å². The van der Waals surface area contributed by atoms with Crippen molar-refractivity contribution in [3.05, 3.63) is 70.7 Å². The molecule has 6 nitrogen and oxygen atoms in total. The molecule has 0 fully saturated rings. The summed E-state index contributed by atoms with van der Waals surface area (Å²) in [5.41, 5.74) is 2.49. The number of nitrogens with one attached hydrogen (secondary N) is 1. The summed E-state index contributed by atoms with van der Waals surface area (Å²) in [6.45, 7) is 1.56. The molecule has 0 saturated heterocycles. The molecule has 0 spiro atoms. The van der Waals surface area contributed by atoms with Crippen LogP contribution in [0.4, 0.5) is 5.69 Å². The zero-order valence-electron chi connectivity index (χ0n) is 14.4. The molecule has 0 atom stereocenters. The van der Waals surface area contributed by atoms with Gasteiger partial charge in [-0.2, -0.15) is 0 Å². The molecule has 0 aliphatic carbocycles. The second-order valence-corrected chi connectivity index (χ2v) is 8.75. The molecule has 8 heteroatoms. The Kier molecular flexibility index (Phi) is 5.67. The first-order chi connectivity index (χ1) is 12.9. The summed E-state index contributed by atoms with van der Waals surface area (Å²) in [5, 5.41) is 10.6. The molecular weight excluding hydrogens is 430 g/mol. The van der Waals surface area contributed by atoms with Crippen LogP contribution in [-0.4, -0.2) is 30.3 Å². The number of nitrogens with zero attached hydrogens (tertiary/aromatic N) is 2. The highest BCUT2D eigenvalue weighted by Gasteiger charge is 2.14. The number of halogens is 1. The zero-order chi connectivity index (χ0) is 19.4. The van der Waals surface area contributed by atoms with Crippen LogP contribution >= 0.6 is 15.9 Å². The van der Waals surface area contributed by atoms with Crippen LogP contribution in [-0.2, 0) is 9.84 Å². The largest absolute Gasteiger partial charge is 0.322 e. The fourth-order valence-corrected chi connectivity index (χ4v) is 3.56. The van der Waals surface area contributed by atoms with Crippen LogP contribution in [0.3, 0.4) is 0 Å². The molecule has 1 N–H and O–H groups in total. The van der Waals surface area contributed by atoms with E-state index in [-0.39, 0.29) is 16.7 Å². The monoisotopic (exact) mass is 445 g/mol. The van der Waals surface area contributed by atoms with Gasteiger partial charge in [-0.25, -0.2) is 8.42 Å². The van der Waals surface area contributed by atoms with E-state index in [0.717, 1.165) is 10.0 Å². The Hall–Kier alpha value is -2.58. The third kappa shape index (κ3) is 4.40. The van der Waals surface area contributed by atoms with E-state index in [1.807, 2.05) is 6.07 Å². The molecule has 0 bridgehead atoms. The van der Waals surface area contributed by atoms with E-state index >= 15 is 0 Å². The summed E-state index contributed by atoms with van der Waals surface area (Å²) < 4.78 is 24.3. The van der Waals surface area contributed by atoms with Crippen molar-refractivity contribution in [2.45, 2.75) is 11.9 Å². The van der Waals surface area contributed by atoms with Gasteiger partial charge in [0, 0.05) is 15.7 Å². The molecule has 1 heterocycles. The minimum atomic E-state index is -3.37. The number of carbonyl (C=O) groups excluding carboxylic acids is 1. The van der Waals surface area contributed by atoms with Gasteiger partial charge in [0.25, 0.3) is 5.91 Å². The molecule has 0 unspecified atom stereocenters. The molecule has 0 radical (unpaired) electrons. The number of sulfone groups is 1. The lowest BCUT2D eigenvalue weighted by Gasteiger charge is -2.08. The van der Waals surface area contributed by atoms with Crippen molar-refractivity contribution in [3.63, 3.8) is 0 Å². The lowest BCUT2D eigenvalue weighted by molar-refractivity contribution is 0.102. The number of aromatic nitrogens is 2. The van der Waals surface area contributed by atoms with Gasteiger partial charge in [0.15, 0.2) is 14.9 Å². The number of anilines is 1. The van der Waals surface area contributed by atoms with Crippen molar-refractivity contribution >= 4 is 37.4 Å². The number of amides is 1. The Balaban J connectivity index is 1.76. The summed E-state index contributed by atoms with van der Waals surface area (Å²) in [6.07, 6.45) is 0. The molecule has 3 aromatic rings. The van der Waals surface area contributed by atoms with E-state index in [9.17, 15) is 13.2 Å². The Labute approximate surface area is 165 Å². The molecule has 0 saturated carbocycles. The van der Waals surface area contributed by atoms with E-state index in [1.165, 1.54) is 6.07 Å². The molecule has 3 rings (SSSR count). The predicted molar refractivity (Wildman–Crippen MR) is 107 cm³/mol. The minimum Gasteiger partial charge on any atom is -0.322 e. The maximum Gasteiger partial charge on any atom is 0.256 e. The van der Waals surface area contributed by atoms with Crippen LogP contribution in [0.5, 0.6) is 0 Å². The summed E-state index contributed by atoms with van der Waals surface area (Å²) in [5.74, 6) is -0.239. The van der Waals surface area contributed by atoms with Gasteiger partial charge in [0.1, 0.15) is 0 Å². The van der Waals surface area contributed by atoms with Crippen molar-refractivity contribution in [2.75, 3.05) is 11.1 Å². The van der Waals surface area contributed by atoms with E-state index in [0.29, 0.717) is 16.9 Å². The SMILES string of the molecule is CCS(=O)(=O)c1ccc(-c2ccc(NC(=O)c3ccccc3Br)cc2)nn1. The van der Waals surface area contributed by atoms with Crippen LogP contribution in [0.25, 0.3) is 11.3 Å². The Morgan fingerprint density at radius 3 is 2.30 bits per heavy atom. The average molecular weight is 446 g/mol. The van der Waals surface area contributed by atoms with Crippen molar-refractivity contribution in [1.82, 2.24) is 10.2 Å². The van der Waals surface area contributed by atoms with Crippen LogP contribution in [0, 0.1) is 0 Å². The molecule has 138 valence electrons. The molecule has 1 amide bonds. The molecule has 27 heavy (non-hydrogen) atoms. The van der Waals surface area contributed by atoms with Gasteiger partial charge < -0.3 is 5.32 Å². The van der Waals surface area contributed by atoms with Gasteiger partial charge in [-0.15, -0.1) is 10.2 Å². The quantitative estimate of drug-likeness (QED) is 0.641. The Bertz CT molecular complexity index is 1070. The van der Waals surface area contributed by atoms with Crippen LogP contribution in [0.1, 0.15) is 17.3 Å². The standard InChI is InChI=1S/C19H16BrN3O3S/c1-2-27(25,26)18-12-11-17(22-23-18)13-7-9-14(10-8-13)21-19(24)15-5-3-4-6-16(15)20/h3-12H,2H2,1H3,(H,21,24). The maximum absolute atomic E-state index is 12.3. The summed E-state index contributed by atoms with van der Waals surface area (Å²) >= 11 is 3.36. The van der Waals surface area contributed by atoms with Crippen molar-refractivity contribution in [3.8, 4) is 11.3 Å². The number of rotatable bonds is 5. The van der Waals surface area contributed by atoms with Gasteiger partial charge in [0.05, 0.1) is 17.0 Å². The number of carbonyl (C=O) groups is 1. The van der Waals surface area contributed by atoms with Crippen LogP contribution < -0.4 is 5.32 Å². The lowest BCUT2D eigenvalue weighted by Crippen LogP contribution is -2.12. The highest BCUT2D eigenvalue weighted by Crippen LogP contribution is 2.22. The zero-order valence-corrected chi connectivity index (χ0v) is 16.8. The fourth-order valence-electron chi connectivity index (χ4n) is 2.36. The number of benzene rings is 2. The first kappa shape index (κ1) is 19.2. The lowest BCUT2D eigenvalue weighted by atomic mass is 10.1. The second-order valence-electron chi connectivity index (χ2n) is 5.67. The third-order valence-electron chi connectivity index (χ3n) is 3.90. The first-order valence-electron chi connectivity index (χ1n) is 8.13. The van der Waals surface area contributed by atoms with E-state index in [1.54, 1.807) is 55.5 Å². The molecule has 0 aliphatic heterocycles. The third-order valence-corrected chi connectivity index (χ3v) is 6.20. The van der Waals surface area contributed by atoms with E-state index in [4.69, 9.17) is 0 Å². The topological polar surface area (TPSA) is 89.0 Å². The molecule has 0 aliphatic rings. The van der Waals surface area contributed by atoms with E-state index in [2.05, 4.69) is 31.4 Å². The van der Waals surface area contributed by atoms with Gasteiger partial charge in [-0.1, -0.05) is 31.2 Å². The van der Waals surface area contributed by atoms with Gasteiger partial charge in [-0.05, 0) is 52.3 Å². The van der Waals surface area contributed by atoms with Crippen LogP contribution in [0.2, 0.25) is 0 Å². The fraction of sp³-hybridized carbons (Fsp3) is 0.105. The minimum absolute atomic E-state index is 0.0209. The van der Waals surface area contributed by atoms with Crippen LogP contribution in [0.15, 0.2) is 70.2 Å². The molecular formula is C19H16BrN3O3S. The smallest absolute Gasteiger partial charge is 0.256 e. The predicted octanol–water partition coefficient (Wildman–Crippen LogP) is 3.95. The maximum atomic E-state index is 12.3. The number of hydrogen-bond donors (Lipinski definition) is 1. The summed E-state index contributed by atoms with van der Waals surface area (Å²) in [6, 6.07) is 17.3. The Morgan fingerprint density at radius 1 is 1.00 bits per heavy atom. The normalized spacial score (nSPS) is 11.2. The first-order valence-corrected chi connectivity index (χ1v) is 10.6. The van der Waals surface area contributed by atoms with Gasteiger partial charge >= 0.3 is 0 Å². The number of hydrogen-bond acceptors (Lipinski definition) is 5. The second kappa shape index (κ2) is 7.98. The molecule has 2 aromatic carbocycles. The highest BCUT2D eigenvalue weighted by molar-refractivity contribution is 9.10. The average Bonchev–Trinajstić information content (AvgIpc) is 2.69. The summed E-state index contributed by atoms with van der Waals surface area (Å²) in [7, 11) is -3.37. The Morgan fingerprint density at radius 2 is 1.70 bits per heavy atom. The van der Waals surface area contributed by atoms with Crippen molar-refractivity contribution in [1.29, 1.82) is 0 Å². The highest BCUT2D eigenvalue weighted by atomic mass is 79.9. The summed E-state index contributed by atoms with van der Waals surface area (Å²) in [4.78, 5) is 12.3.